The summed E-state index contributed by atoms with van der Waals surface area (Å²) in [5.74, 6) is 0.585. The lowest BCUT2D eigenvalue weighted by atomic mass is 10.2. The van der Waals surface area contributed by atoms with Gasteiger partial charge in [0.15, 0.2) is 5.82 Å². The molecule has 1 aromatic rings. The van der Waals surface area contributed by atoms with Gasteiger partial charge in [0.25, 0.3) is 0 Å². The molecule has 96 valence electrons. The summed E-state index contributed by atoms with van der Waals surface area (Å²) >= 11 is 0. The molecule has 0 amide bonds. The van der Waals surface area contributed by atoms with E-state index in [1.807, 2.05) is 6.07 Å². The maximum absolute atomic E-state index is 8.86. The highest BCUT2D eigenvalue weighted by Crippen LogP contribution is 2.18. The van der Waals surface area contributed by atoms with Crippen molar-refractivity contribution in [2.24, 2.45) is 0 Å². The lowest BCUT2D eigenvalue weighted by molar-refractivity contribution is 0.0398. The van der Waals surface area contributed by atoms with E-state index >= 15 is 0 Å². The number of nitrogens with one attached hydrogen (secondary N) is 1. The van der Waals surface area contributed by atoms with Crippen LogP contribution in [-0.2, 0) is 4.74 Å². The molecule has 1 saturated heterocycles. The van der Waals surface area contributed by atoms with Gasteiger partial charge in [-0.15, -0.1) is 0 Å². The van der Waals surface area contributed by atoms with Crippen molar-refractivity contribution in [3.63, 3.8) is 0 Å². The van der Waals surface area contributed by atoms with Gasteiger partial charge in [-0.05, 0) is 6.07 Å². The Morgan fingerprint density at radius 3 is 3.00 bits per heavy atom. The first-order valence-electron chi connectivity index (χ1n) is 6.00. The van der Waals surface area contributed by atoms with Crippen molar-refractivity contribution < 1.29 is 4.74 Å². The average Bonchev–Trinajstić information content (AvgIpc) is 2.42. The number of rotatable bonds is 4. The molecule has 6 heteroatoms. The Bertz CT molecular complexity index is 437. The van der Waals surface area contributed by atoms with Crippen molar-refractivity contribution in [3.8, 4) is 6.07 Å². The number of nitrogen functional groups attached to an aromatic ring is 1. The summed E-state index contributed by atoms with van der Waals surface area (Å²) in [6.07, 6.45) is 1.59. The second kappa shape index (κ2) is 6.19. The van der Waals surface area contributed by atoms with Crippen LogP contribution in [0.3, 0.4) is 0 Å². The van der Waals surface area contributed by atoms with Crippen LogP contribution in [0.25, 0.3) is 0 Å². The fraction of sp³-hybridized carbons (Fsp3) is 0.500. The molecule has 0 atom stereocenters. The SMILES string of the molecule is N#Cc1ccnc(NCCN2CCOCC2)c1N. The van der Waals surface area contributed by atoms with E-state index in [1.165, 1.54) is 0 Å². The molecule has 1 aliphatic heterocycles. The Kier molecular flexibility index (Phi) is 4.34. The lowest BCUT2D eigenvalue weighted by Crippen LogP contribution is -2.39. The summed E-state index contributed by atoms with van der Waals surface area (Å²) in [7, 11) is 0. The van der Waals surface area contributed by atoms with E-state index in [9.17, 15) is 0 Å². The van der Waals surface area contributed by atoms with Gasteiger partial charge in [-0.25, -0.2) is 4.98 Å². The monoisotopic (exact) mass is 247 g/mol. The van der Waals surface area contributed by atoms with Crippen LogP contribution in [0.15, 0.2) is 12.3 Å². The third kappa shape index (κ3) is 3.09. The summed E-state index contributed by atoms with van der Waals surface area (Å²) in [5, 5.41) is 12.0. The van der Waals surface area contributed by atoms with Crippen LogP contribution in [0.1, 0.15) is 5.56 Å². The van der Waals surface area contributed by atoms with Gasteiger partial charge in [-0.3, -0.25) is 4.90 Å². The molecule has 0 radical (unpaired) electrons. The normalized spacial score (nSPS) is 16.2. The molecule has 2 rings (SSSR count). The fourth-order valence-corrected chi connectivity index (χ4v) is 1.87. The van der Waals surface area contributed by atoms with Crippen LogP contribution in [0.4, 0.5) is 11.5 Å². The van der Waals surface area contributed by atoms with Crippen LogP contribution in [0.5, 0.6) is 0 Å². The minimum absolute atomic E-state index is 0.418. The quantitative estimate of drug-likeness (QED) is 0.794. The summed E-state index contributed by atoms with van der Waals surface area (Å²) in [4.78, 5) is 6.46. The third-order valence-corrected chi connectivity index (χ3v) is 2.93. The standard InChI is InChI=1S/C12H17N5O/c13-9-10-1-2-15-12(11(10)14)16-3-4-17-5-7-18-8-6-17/h1-2H,3-8,14H2,(H,15,16). The Labute approximate surface area is 106 Å². The van der Waals surface area contributed by atoms with Gasteiger partial charge in [0.05, 0.1) is 24.5 Å². The molecule has 1 aliphatic rings. The highest BCUT2D eigenvalue weighted by Gasteiger charge is 2.10. The lowest BCUT2D eigenvalue weighted by Gasteiger charge is -2.26. The molecule has 0 aliphatic carbocycles. The second-order valence-corrected chi connectivity index (χ2v) is 4.11. The molecule has 0 saturated carbocycles. The average molecular weight is 247 g/mol. The summed E-state index contributed by atoms with van der Waals surface area (Å²) in [6, 6.07) is 3.66. The number of morpholine rings is 1. The Morgan fingerprint density at radius 1 is 1.50 bits per heavy atom. The molecule has 0 spiro atoms. The first-order chi connectivity index (χ1) is 8.81. The topological polar surface area (TPSA) is 87.2 Å². The molecule has 6 nitrogen and oxygen atoms in total. The first-order valence-corrected chi connectivity index (χ1v) is 6.00. The number of pyridine rings is 1. The van der Waals surface area contributed by atoms with E-state index in [-0.39, 0.29) is 0 Å². The van der Waals surface area contributed by atoms with Crippen LogP contribution < -0.4 is 11.1 Å². The van der Waals surface area contributed by atoms with Crippen molar-refractivity contribution in [1.82, 2.24) is 9.88 Å². The Hall–Kier alpha value is -1.84. The molecular weight excluding hydrogens is 230 g/mol. The Balaban J connectivity index is 1.84. The van der Waals surface area contributed by atoms with Gasteiger partial charge in [0.2, 0.25) is 0 Å². The molecule has 1 aromatic heterocycles. The maximum Gasteiger partial charge on any atom is 0.150 e. The van der Waals surface area contributed by atoms with Crippen molar-refractivity contribution in [1.29, 1.82) is 5.26 Å². The largest absolute Gasteiger partial charge is 0.395 e. The van der Waals surface area contributed by atoms with Crippen molar-refractivity contribution >= 4 is 11.5 Å². The van der Waals surface area contributed by atoms with Crippen molar-refractivity contribution in [2.45, 2.75) is 0 Å². The number of nitriles is 1. The van der Waals surface area contributed by atoms with Gasteiger partial charge in [-0.1, -0.05) is 0 Å². The van der Waals surface area contributed by atoms with E-state index in [0.29, 0.717) is 17.1 Å². The van der Waals surface area contributed by atoms with Gasteiger partial charge in [0, 0.05) is 32.4 Å². The highest BCUT2D eigenvalue weighted by atomic mass is 16.5. The number of ether oxygens (including phenoxy) is 1. The minimum atomic E-state index is 0.418. The summed E-state index contributed by atoms with van der Waals surface area (Å²) in [6.45, 7) is 5.19. The number of anilines is 2. The van der Waals surface area contributed by atoms with Crippen LogP contribution in [-0.4, -0.2) is 49.3 Å². The van der Waals surface area contributed by atoms with E-state index in [2.05, 4.69) is 15.2 Å². The van der Waals surface area contributed by atoms with Crippen molar-refractivity contribution in [3.05, 3.63) is 17.8 Å². The van der Waals surface area contributed by atoms with E-state index in [4.69, 9.17) is 15.7 Å². The number of nitrogens with zero attached hydrogens (tertiary/aromatic N) is 3. The smallest absolute Gasteiger partial charge is 0.150 e. The van der Waals surface area contributed by atoms with E-state index in [1.54, 1.807) is 12.3 Å². The van der Waals surface area contributed by atoms with E-state index < -0.39 is 0 Å². The zero-order valence-corrected chi connectivity index (χ0v) is 10.2. The maximum atomic E-state index is 8.86. The summed E-state index contributed by atoms with van der Waals surface area (Å²) < 4.78 is 5.28. The second-order valence-electron chi connectivity index (χ2n) is 4.11. The van der Waals surface area contributed by atoms with Crippen LogP contribution >= 0.6 is 0 Å². The molecule has 1 fully saturated rings. The van der Waals surface area contributed by atoms with Crippen molar-refractivity contribution in [2.75, 3.05) is 50.4 Å². The van der Waals surface area contributed by atoms with Gasteiger partial charge >= 0.3 is 0 Å². The fourth-order valence-electron chi connectivity index (χ4n) is 1.87. The summed E-state index contributed by atoms with van der Waals surface area (Å²) in [5.41, 5.74) is 6.71. The predicted molar refractivity (Wildman–Crippen MR) is 69.1 cm³/mol. The van der Waals surface area contributed by atoms with Gasteiger partial charge in [-0.2, -0.15) is 5.26 Å². The zero-order valence-electron chi connectivity index (χ0n) is 10.2. The van der Waals surface area contributed by atoms with E-state index in [0.717, 1.165) is 39.4 Å². The number of nitrogens with two attached hydrogens (primary N) is 1. The van der Waals surface area contributed by atoms with Gasteiger partial charge < -0.3 is 15.8 Å². The number of hydrogen-bond acceptors (Lipinski definition) is 6. The number of hydrogen-bond donors (Lipinski definition) is 2. The predicted octanol–water partition coefficient (Wildman–Crippen LogP) is 0.280. The highest BCUT2D eigenvalue weighted by molar-refractivity contribution is 5.68. The van der Waals surface area contributed by atoms with Crippen LogP contribution in [0, 0.1) is 11.3 Å². The number of aromatic nitrogens is 1. The first kappa shape index (κ1) is 12.6. The molecule has 0 bridgehead atoms. The van der Waals surface area contributed by atoms with Crippen LogP contribution in [0.2, 0.25) is 0 Å². The molecule has 0 aromatic carbocycles. The molecule has 18 heavy (non-hydrogen) atoms. The minimum Gasteiger partial charge on any atom is -0.395 e. The molecule has 2 heterocycles. The zero-order chi connectivity index (χ0) is 12.8. The van der Waals surface area contributed by atoms with Gasteiger partial charge in [0.1, 0.15) is 6.07 Å². The Morgan fingerprint density at radius 2 is 2.28 bits per heavy atom. The molecule has 3 N–H and O–H groups in total. The third-order valence-electron chi connectivity index (χ3n) is 2.93. The molecular formula is C12H17N5O. The molecule has 0 unspecified atom stereocenters.